The lowest BCUT2D eigenvalue weighted by Crippen LogP contribution is -2.00. The van der Waals surface area contributed by atoms with Gasteiger partial charge in [0.2, 0.25) is 0 Å². The zero-order valence-electron chi connectivity index (χ0n) is 7.99. The van der Waals surface area contributed by atoms with Crippen molar-refractivity contribution in [2.24, 2.45) is 7.05 Å². The Hall–Kier alpha value is -1.27. The first-order chi connectivity index (χ1) is 6.16. The second-order valence-electron chi connectivity index (χ2n) is 3.07. The predicted octanol–water partition coefficient (Wildman–Crippen LogP) is 1.18. The molecule has 0 aromatic carbocycles. The molecule has 1 aromatic rings. The lowest BCUT2D eigenvalue weighted by Gasteiger charge is -2.07. The second kappa shape index (κ2) is 4.11. The fourth-order valence-corrected chi connectivity index (χ4v) is 1.22. The van der Waals surface area contributed by atoms with Gasteiger partial charge >= 0.3 is 0 Å². The smallest absolute Gasteiger partial charge is 0.0832 e. The van der Waals surface area contributed by atoms with Crippen LogP contribution in [0.5, 0.6) is 0 Å². The van der Waals surface area contributed by atoms with Crippen LogP contribution < -0.4 is 0 Å². The molecule has 0 aliphatic carbocycles. The van der Waals surface area contributed by atoms with Crippen molar-refractivity contribution in [3.05, 3.63) is 17.5 Å². The third-order valence-corrected chi connectivity index (χ3v) is 2.19. The van der Waals surface area contributed by atoms with Gasteiger partial charge in [-0.1, -0.05) is 0 Å². The molecule has 3 heteroatoms. The third kappa shape index (κ3) is 2.10. The van der Waals surface area contributed by atoms with E-state index in [4.69, 9.17) is 6.42 Å². The van der Waals surface area contributed by atoms with Gasteiger partial charge in [-0.25, -0.2) is 0 Å². The Morgan fingerprint density at radius 1 is 1.77 bits per heavy atom. The van der Waals surface area contributed by atoms with Crippen LogP contribution in [0.15, 0.2) is 6.20 Å². The number of aryl methyl sites for hydroxylation is 1. The highest BCUT2D eigenvalue weighted by molar-refractivity contribution is 5.18. The van der Waals surface area contributed by atoms with Gasteiger partial charge < -0.3 is 5.11 Å². The minimum Gasteiger partial charge on any atom is -0.388 e. The molecule has 1 atom stereocenters. The maximum Gasteiger partial charge on any atom is 0.0832 e. The average Bonchev–Trinajstić information content (AvgIpc) is 2.44. The minimum absolute atomic E-state index is 0.482. The summed E-state index contributed by atoms with van der Waals surface area (Å²) >= 11 is 0. The van der Waals surface area contributed by atoms with Gasteiger partial charge in [-0.05, 0) is 13.3 Å². The van der Waals surface area contributed by atoms with E-state index in [1.807, 2.05) is 14.0 Å². The van der Waals surface area contributed by atoms with Crippen LogP contribution in [-0.4, -0.2) is 14.9 Å². The van der Waals surface area contributed by atoms with E-state index in [0.717, 1.165) is 11.3 Å². The number of aliphatic hydroxyl groups excluding tert-OH is 1. The fourth-order valence-electron chi connectivity index (χ4n) is 1.22. The van der Waals surface area contributed by atoms with Gasteiger partial charge in [0.15, 0.2) is 0 Å². The van der Waals surface area contributed by atoms with Gasteiger partial charge in [-0.15, -0.1) is 12.3 Å². The Morgan fingerprint density at radius 3 is 2.92 bits per heavy atom. The summed E-state index contributed by atoms with van der Waals surface area (Å²) in [6.07, 6.45) is 7.52. The Balaban J connectivity index is 2.72. The van der Waals surface area contributed by atoms with Crippen LogP contribution in [0.2, 0.25) is 0 Å². The van der Waals surface area contributed by atoms with E-state index in [-0.39, 0.29) is 0 Å². The quantitative estimate of drug-likeness (QED) is 0.706. The molecular formula is C10H14N2O. The van der Waals surface area contributed by atoms with Crippen molar-refractivity contribution in [1.29, 1.82) is 0 Å². The van der Waals surface area contributed by atoms with E-state index in [2.05, 4.69) is 11.0 Å². The molecule has 0 aliphatic rings. The van der Waals surface area contributed by atoms with E-state index >= 15 is 0 Å². The highest BCUT2D eigenvalue weighted by Crippen LogP contribution is 2.20. The summed E-state index contributed by atoms with van der Waals surface area (Å²) in [5, 5.41) is 13.7. The van der Waals surface area contributed by atoms with Gasteiger partial charge in [0.05, 0.1) is 12.3 Å². The first-order valence-electron chi connectivity index (χ1n) is 4.27. The molecule has 0 amide bonds. The number of hydrogen-bond acceptors (Lipinski definition) is 2. The highest BCUT2D eigenvalue weighted by atomic mass is 16.3. The molecule has 0 saturated carbocycles. The van der Waals surface area contributed by atoms with Crippen LogP contribution in [0.4, 0.5) is 0 Å². The number of rotatable bonds is 3. The minimum atomic E-state index is -0.482. The molecule has 1 N–H and O–H groups in total. The monoisotopic (exact) mass is 178 g/mol. The molecule has 0 radical (unpaired) electrons. The number of nitrogens with zero attached hydrogens (tertiary/aromatic N) is 2. The van der Waals surface area contributed by atoms with Crippen molar-refractivity contribution < 1.29 is 5.11 Å². The Kier molecular flexibility index (Phi) is 3.10. The first kappa shape index (κ1) is 9.82. The van der Waals surface area contributed by atoms with Crippen LogP contribution >= 0.6 is 0 Å². The van der Waals surface area contributed by atoms with Crippen LogP contribution in [0.1, 0.15) is 30.2 Å². The molecule has 0 spiro atoms. The van der Waals surface area contributed by atoms with E-state index in [1.54, 1.807) is 10.9 Å². The van der Waals surface area contributed by atoms with Crippen molar-refractivity contribution in [3.8, 4) is 12.3 Å². The van der Waals surface area contributed by atoms with Crippen LogP contribution in [0, 0.1) is 19.3 Å². The number of terminal acetylenes is 1. The topological polar surface area (TPSA) is 38.1 Å². The van der Waals surface area contributed by atoms with E-state index in [9.17, 15) is 5.11 Å². The predicted molar refractivity (Wildman–Crippen MR) is 51.0 cm³/mol. The number of aromatic nitrogens is 2. The van der Waals surface area contributed by atoms with Crippen LogP contribution in [-0.2, 0) is 7.05 Å². The standard InChI is InChI=1S/C10H14N2O/c1-4-5-6-10(13)9-7-11-12(3)8(9)2/h1,7,10,13H,5-6H2,2-3H3. The maximum absolute atomic E-state index is 9.70. The fraction of sp³-hybridized carbons (Fsp3) is 0.500. The van der Waals surface area contributed by atoms with Crippen LogP contribution in [0.3, 0.4) is 0 Å². The summed E-state index contributed by atoms with van der Waals surface area (Å²) in [4.78, 5) is 0. The summed E-state index contributed by atoms with van der Waals surface area (Å²) in [6, 6.07) is 0. The molecule has 1 rings (SSSR count). The van der Waals surface area contributed by atoms with Gasteiger partial charge in [-0.2, -0.15) is 5.10 Å². The molecular weight excluding hydrogens is 164 g/mol. The summed E-state index contributed by atoms with van der Waals surface area (Å²) in [5.41, 5.74) is 1.86. The zero-order valence-corrected chi connectivity index (χ0v) is 7.99. The number of aliphatic hydroxyl groups is 1. The summed E-state index contributed by atoms with van der Waals surface area (Å²) < 4.78 is 1.74. The molecule has 3 nitrogen and oxygen atoms in total. The molecule has 1 unspecified atom stereocenters. The Morgan fingerprint density at radius 2 is 2.46 bits per heavy atom. The summed E-state index contributed by atoms with van der Waals surface area (Å²) in [7, 11) is 1.85. The van der Waals surface area contributed by atoms with Crippen molar-refractivity contribution >= 4 is 0 Å². The molecule has 70 valence electrons. The zero-order chi connectivity index (χ0) is 9.84. The highest BCUT2D eigenvalue weighted by Gasteiger charge is 2.12. The van der Waals surface area contributed by atoms with Gasteiger partial charge in [0.25, 0.3) is 0 Å². The van der Waals surface area contributed by atoms with Gasteiger partial charge in [0.1, 0.15) is 0 Å². The first-order valence-corrected chi connectivity index (χ1v) is 4.27. The van der Waals surface area contributed by atoms with Crippen molar-refractivity contribution in [1.82, 2.24) is 9.78 Å². The molecule has 1 aromatic heterocycles. The molecule has 13 heavy (non-hydrogen) atoms. The molecule has 0 bridgehead atoms. The third-order valence-electron chi connectivity index (χ3n) is 2.19. The van der Waals surface area contributed by atoms with Gasteiger partial charge in [-0.3, -0.25) is 4.68 Å². The largest absolute Gasteiger partial charge is 0.388 e. The average molecular weight is 178 g/mol. The van der Waals surface area contributed by atoms with Gasteiger partial charge in [0, 0.05) is 24.7 Å². The van der Waals surface area contributed by atoms with Crippen molar-refractivity contribution in [2.75, 3.05) is 0 Å². The normalized spacial score (nSPS) is 12.5. The summed E-state index contributed by atoms with van der Waals surface area (Å²) in [5.74, 6) is 2.51. The van der Waals surface area contributed by atoms with E-state index in [1.165, 1.54) is 0 Å². The number of hydrogen-bond donors (Lipinski definition) is 1. The maximum atomic E-state index is 9.70. The lowest BCUT2D eigenvalue weighted by atomic mass is 10.1. The SMILES string of the molecule is C#CCCC(O)c1cnn(C)c1C. The van der Waals surface area contributed by atoms with Crippen LogP contribution in [0.25, 0.3) is 0 Å². The Bertz CT molecular complexity index is 322. The molecule has 0 fully saturated rings. The molecule has 0 aliphatic heterocycles. The molecule has 0 saturated heterocycles. The summed E-state index contributed by atoms with van der Waals surface area (Å²) in [6.45, 7) is 1.93. The second-order valence-corrected chi connectivity index (χ2v) is 3.07. The van der Waals surface area contributed by atoms with Crippen molar-refractivity contribution in [3.63, 3.8) is 0 Å². The lowest BCUT2D eigenvalue weighted by molar-refractivity contribution is 0.168. The Labute approximate surface area is 78.4 Å². The van der Waals surface area contributed by atoms with E-state index < -0.39 is 6.10 Å². The molecule has 1 heterocycles. The van der Waals surface area contributed by atoms with E-state index in [0.29, 0.717) is 12.8 Å². The van der Waals surface area contributed by atoms with Crippen molar-refractivity contribution in [2.45, 2.75) is 25.9 Å².